The van der Waals surface area contributed by atoms with E-state index in [0.717, 1.165) is 24.0 Å². The van der Waals surface area contributed by atoms with E-state index in [0.29, 0.717) is 43.0 Å². The minimum atomic E-state index is -4.56. The average molecular weight is 503 g/mol. The lowest BCUT2D eigenvalue weighted by molar-refractivity contribution is -0.138. The molecule has 0 aliphatic carbocycles. The molecule has 0 bridgehead atoms. The summed E-state index contributed by atoms with van der Waals surface area (Å²) in [4.78, 5) is 22.6. The number of aromatic nitrogens is 3. The van der Waals surface area contributed by atoms with E-state index in [1.54, 1.807) is 28.9 Å². The van der Waals surface area contributed by atoms with Crippen LogP contribution < -0.4 is 9.80 Å². The molecule has 1 fully saturated rings. The fraction of sp³-hybridized carbons (Fsp3) is 0.400. The molecule has 0 N–H and O–H groups in total. The van der Waals surface area contributed by atoms with Crippen LogP contribution in [0.3, 0.4) is 0 Å². The Balaban J connectivity index is 1.39. The molecule has 2 aromatic heterocycles. The maximum absolute atomic E-state index is 14.5. The molecule has 190 valence electrons. The highest BCUT2D eigenvalue weighted by atomic mass is 19.4. The van der Waals surface area contributed by atoms with Crippen molar-refractivity contribution in [3.8, 4) is 0 Å². The monoisotopic (exact) mass is 502 g/mol. The highest BCUT2D eigenvalue weighted by Gasteiger charge is 2.40. The molecule has 0 saturated carbocycles. The zero-order valence-electron chi connectivity index (χ0n) is 20.0. The smallest absolute Gasteiger partial charge is 0.369 e. The molecule has 2 aliphatic heterocycles. The molecule has 1 aromatic carbocycles. The van der Waals surface area contributed by atoms with E-state index in [1.165, 1.54) is 11.0 Å². The minimum Gasteiger partial charge on any atom is -0.369 e. The number of pyridine rings is 1. The summed E-state index contributed by atoms with van der Waals surface area (Å²) in [6, 6.07) is 5.40. The molecule has 0 radical (unpaired) electrons. The Labute approximate surface area is 205 Å². The Kier molecular flexibility index (Phi) is 6.09. The average Bonchev–Trinajstić information content (AvgIpc) is 3.21. The number of piperidine rings is 1. The second-order valence-electron chi connectivity index (χ2n) is 9.29. The number of halogens is 4. The summed E-state index contributed by atoms with van der Waals surface area (Å²) in [6.07, 6.45) is 0.550. The third kappa shape index (κ3) is 4.38. The Morgan fingerprint density at radius 3 is 2.58 bits per heavy atom. The summed E-state index contributed by atoms with van der Waals surface area (Å²) >= 11 is 0. The van der Waals surface area contributed by atoms with Crippen LogP contribution in [0.25, 0.3) is 0 Å². The third-order valence-corrected chi connectivity index (χ3v) is 6.92. The fourth-order valence-electron chi connectivity index (χ4n) is 5.21. The first-order valence-corrected chi connectivity index (χ1v) is 11.7. The van der Waals surface area contributed by atoms with Crippen LogP contribution in [-0.4, -0.2) is 44.8 Å². The molecule has 2 amide bonds. The van der Waals surface area contributed by atoms with Gasteiger partial charge < -0.3 is 9.80 Å². The van der Waals surface area contributed by atoms with Crippen LogP contribution in [-0.2, 0) is 26.3 Å². The Morgan fingerprint density at radius 1 is 1.14 bits per heavy atom. The molecular formula is C25H26F4N6O. The van der Waals surface area contributed by atoms with Crippen molar-refractivity contribution in [3.63, 3.8) is 0 Å². The number of para-hydroxylation sites is 1. The van der Waals surface area contributed by atoms with Crippen LogP contribution in [0.5, 0.6) is 0 Å². The minimum absolute atomic E-state index is 0.0835. The quantitative estimate of drug-likeness (QED) is 0.477. The third-order valence-electron chi connectivity index (χ3n) is 6.92. The van der Waals surface area contributed by atoms with Gasteiger partial charge in [0.1, 0.15) is 11.5 Å². The number of fused-ring (bicyclic) bond motifs is 1. The molecule has 2 aliphatic rings. The van der Waals surface area contributed by atoms with E-state index in [4.69, 9.17) is 0 Å². The van der Waals surface area contributed by atoms with Crippen LogP contribution >= 0.6 is 0 Å². The van der Waals surface area contributed by atoms with Crippen LogP contribution in [0.4, 0.5) is 33.7 Å². The number of alkyl halides is 3. The number of urea groups is 1. The Morgan fingerprint density at radius 2 is 1.89 bits per heavy atom. The lowest BCUT2D eigenvalue weighted by Crippen LogP contribution is -2.54. The number of anilines is 2. The normalized spacial score (nSPS) is 17.1. The van der Waals surface area contributed by atoms with Crippen molar-refractivity contribution in [2.24, 2.45) is 7.05 Å². The van der Waals surface area contributed by atoms with Gasteiger partial charge in [-0.2, -0.15) is 18.3 Å². The Bertz CT molecular complexity index is 1260. The predicted molar refractivity (Wildman–Crippen MR) is 126 cm³/mol. The summed E-state index contributed by atoms with van der Waals surface area (Å²) in [7, 11) is 1.71. The predicted octanol–water partition coefficient (Wildman–Crippen LogP) is 4.89. The first-order valence-electron chi connectivity index (χ1n) is 11.7. The molecule has 11 heteroatoms. The van der Waals surface area contributed by atoms with E-state index in [-0.39, 0.29) is 36.5 Å². The van der Waals surface area contributed by atoms with Gasteiger partial charge in [0, 0.05) is 50.3 Å². The van der Waals surface area contributed by atoms with Crippen LogP contribution in [0.1, 0.15) is 35.2 Å². The Hall–Kier alpha value is -3.63. The second-order valence-corrected chi connectivity index (χ2v) is 9.29. The molecule has 0 unspecified atom stereocenters. The molecule has 36 heavy (non-hydrogen) atoms. The summed E-state index contributed by atoms with van der Waals surface area (Å²) in [6.45, 7) is 2.99. The summed E-state index contributed by atoms with van der Waals surface area (Å²) in [5.74, 6) is -0.274. The van der Waals surface area contributed by atoms with E-state index in [1.807, 2.05) is 17.9 Å². The number of hydrogen-bond donors (Lipinski definition) is 0. The number of carbonyl (C=O) groups is 1. The second kappa shape index (κ2) is 9.11. The van der Waals surface area contributed by atoms with Gasteiger partial charge >= 0.3 is 12.2 Å². The van der Waals surface area contributed by atoms with Crippen molar-refractivity contribution in [2.75, 3.05) is 22.9 Å². The first kappa shape index (κ1) is 24.1. The lowest BCUT2D eigenvalue weighted by Gasteiger charge is -2.43. The maximum atomic E-state index is 14.5. The van der Waals surface area contributed by atoms with Crippen LogP contribution in [0, 0.1) is 12.7 Å². The lowest BCUT2D eigenvalue weighted by atomic mass is 10.00. The standard InChI is InChI=1S/C25H26F4N6O/c1-16-4-3-5-20(26)23(16)33-10-7-18(8-11-33)34-14-21-22(15-32(2)31-21)35(24(34)36)13-17-12-30-9-6-19(17)25(27,28)29/h3-6,9,12,15,18H,7-8,10-11,13-14H2,1-2H3. The maximum Gasteiger partial charge on any atom is 0.416 e. The van der Waals surface area contributed by atoms with Crippen LogP contribution in [0.15, 0.2) is 42.9 Å². The first-order chi connectivity index (χ1) is 17.1. The summed E-state index contributed by atoms with van der Waals surface area (Å²) < 4.78 is 56.9. The molecular weight excluding hydrogens is 476 g/mol. The van der Waals surface area contributed by atoms with Gasteiger partial charge in [-0.15, -0.1) is 0 Å². The fourth-order valence-corrected chi connectivity index (χ4v) is 5.21. The zero-order chi connectivity index (χ0) is 25.6. The van der Waals surface area contributed by atoms with Crippen molar-refractivity contribution in [3.05, 3.63) is 71.1 Å². The van der Waals surface area contributed by atoms with Gasteiger partial charge in [-0.25, -0.2) is 9.18 Å². The van der Waals surface area contributed by atoms with E-state index in [9.17, 15) is 22.4 Å². The number of nitrogens with zero attached hydrogens (tertiary/aromatic N) is 6. The van der Waals surface area contributed by atoms with Crippen LogP contribution in [0.2, 0.25) is 0 Å². The van der Waals surface area contributed by atoms with Crippen molar-refractivity contribution in [1.29, 1.82) is 0 Å². The van der Waals surface area contributed by atoms with Gasteiger partial charge in [0.25, 0.3) is 0 Å². The largest absolute Gasteiger partial charge is 0.416 e. The summed E-state index contributed by atoms with van der Waals surface area (Å²) in [5, 5.41) is 4.46. The van der Waals surface area contributed by atoms with E-state index < -0.39 is 11.7 Å². The number of aryl methyl sites for hydroxylation is 2. The van der Waals surface area contributed by atoms with Gasteiger partial charge in [-0.3, -0.25) is 14.6 Å². The molecule has 5 rings (SSSR count). The van der Waals surface area contributed by atoms with Gasteiger partial charge in [0.2, 0.25) is 0 Å². The number of benzene rings is 1. The summed E-state index contributed by atoms with van der Waals surface area (Å²) in [5.41, 5.74) is 1.65. The highest BCUT2D eigenvalue weighted by molar-refractivity contribution is 5.94. The molecule has 4 heterocycles. The molecule has 1 saturated heterocycles. The van der Waals surface area contributed by atoms with E-state index >= 15 is 0 Å². The number of carbonyl (C=O) groups excluding carboxylic acids is 1. The van der Waals surface area contributed by atoms with Gasteiger partial charge in [-0.1, -0.05) is 12.1 Å². The number of rotatable bonds is 4. The van der Waals surface area contributed by atoms with Crippen molar-refractivity contribution >= 4 is 17.4 Å². The van der Waals surface area contributed by atoms with Gasteiger partial charge in [0.15, 0.2) is 0 Å². The molecule has 3 aromatic rings. The van der Waals surface area contributed by atoms with Gasteiger partial charge in [0.05, 0.1) is 30.0 Å². The number of amides is 2. The molecule has 0 atom stereocenters. The SMILES string of the molecule is Cc1cccc(F)c1N1CCC(N2Cc3nn(C)cc3N(Cc3cnccc3C(F)(F)F)C2=O)CC1. The zero-order valence-corrected chi connectivity index (χ0v) is 20.0. The molecule has 7 nitrogen and oxygen atoms in total. The van der Waals surface area contributed by atoms with Crippen molar-refractivity contribution in [1.82, 2.24) is 19.7 Å². The van der Waals surface area contributed by atoms with Gasteiger partial charge in [-0.05, 0) is 37.5 Å². The van der Waals surface area contributed by atoms with E-state index in [2.05, 4.69) is 10.1 Å². The molecule has 0 spiro atoms. The number of hydrogen-bond acceptors (Lipinski definition) is 4. The van der Waals surface area contributed by atoms with Crippen molar-refractivity contribution in [2.45, 2.75) is 45.1 Å². The van der Waals surface area contributed by atoms with Crippen molar-refractivity contribution < 1.29 is 22.4 Å². The topological polar surface area (TPSA) is 57.5 Å². The highest BCUT2D eigenvalue weighted by Crippen LogP contribution is 2.36.